The zero-order valence-corrected chi connectivity index (χ0v) is 12.2. The van der Waals surface area contributed by atoms with Gasteiger partial charge in [-0.3, -0.25) is 0 Å². The minimum atomic E-state index is -4.33. The minimum absolute atomic E-state index is 0.0699. The first kappa shape index (κ1) is 15.9. The molecule has 1 nitrogen and oxygen atoms in total. The van der Waals surface area contributed by atoms with E-state index in [1.165, 1.54) is 12.1 Å². The lowest BCUT2D eigenvalue weighted by molar-refractivity contribution is -0.137. The van der Waals surface area contributed by atoms with E-state index in [-0.39, 0.29) is 17.0 Å². The molecule has 0 aliphatic heterocycles. The quantitative estimate of drug-likeness (QED) is 0.789. The molecule has 1 aromatic rings. The van der Waals surface area contributed by atoms with Crippen LogP contribution in [-0.2, 0) is 6.18 Å². The summed E-state index contributed by atoms with van der Waals surface area (Å²) in [7, 11) is 0. The van der Waals surface area contributed by atoms with Gasteiger partial charge in [-0.05, 0) is 29.0 Å². The molecule has 1 aromatic carbocycles. The van der Waals surface area contributed by atoms with Crippen molar-refractivity contribution in [3.8, 4) is 0 Å². The molecule has 0 fully saturated rings. The van der Waals surface area contributed by atoms with Crippen molar-refractivity contribution in [2.45, 2.75) is 46.7 Å². The first-order chi connectivity index (χ1) is 8.50. The Labute approximate surface area is 113 Å². The van der Waals surface area contributed by atoms with Crippen LogP contribution in [0.5, 0.6) is 0 Å². The molecule has 0 saturated carbocycles. The molecule has 0 saturated heterocycles. The lowest BCUT2D eigenvalue weighted by Gasteiger charge is -2.22. The number of anilines is 1. The summed E-state index contributed by atoms with van der Waals surface area (Å²) in [6, 6.07) is 4.53. The Balaban J connectivity index is 3.10. The molecule has 0 heterocycles. The van der Waals surface area contributed by atoms with Gasteiger partial charge in [0.05, 0.1) is 5.56 Å². The van der Waals surface area contributed by atoms with Crippen LogP contribution in [0.3, 0.4) is 0 Å². The summed E-state index contributed by atoms with van der Waals surface area (Å²) in [5.41, 5.74) is 0.211. The number of hydrogen-bond donors (Lipinski definition) is 1. The van der Waals surface area contributed by atoms with E-state index in [4.69, 9.17) is 0 Å². The topological polar surface area (TPSA) is 12.0 Å². The summed E-state index contributed by atoms with van der Waals surface area (Å²) in [6.07, 6.45) is -4.33. The van der Waals surface area contributed by atoms with E-state index >= 15 is 0 Å². The molecule has 0 radical (unpaired) electrons. The molecule has 0 aliphatic carbocycles. The number of nitrogens with one attached hydrogen (secondary N) is 1. The van der Waals surface area contributed by atoms with E-state index in [0.29, 0.717) is 12.1 Å². The number of benzene rings is 1. The molecule has 1 rings (SSSR count). The summed E-state index contributed by atoms with van der Waals surface area (Å²) in [4.78, 5) is 0. The van der Waals surface area contributed by atoms with Crippen LogP contribution in [0.1, 0.15) is 51.7 Å². The van der Waals surface area contributed by atoms with Gasteiger partial charge in [0.15, 0.2) is 0 Å². The summed E-state index contributed by atoms with van der Waals surface area (Å²) in [5.74, 6) is 0.0813. The molecule has 108 valence electrons. The number of alkyl halides is 3. The molecule has 0 unspecified atom stereocenters. The van der Waals surface area contributed by atoms with Gasteiger partial charge in [0, 0.05) is 12.2 Å². The maximum absolute atomic E-state index is 13.1. The highest BCUT2D eigenvalue weighted by atomic mass is 19.4. The third-order valence-electron chi connectivity index (χ3n) is 2.82. The molecule has 0 spiro atoms. The number of halogens is 3. The van der Waals surface area contributed by atoms with E-state index in [2.05, 4.69) is 5.32 Å². The van der Waals surface area contributed by atoms with Crippen molar-refractivity contribution in [2.75, 3.05) is 11.9 Å². The molecule has 19 heavy (non-hydrogen) atoms. The zero-order chi connectivity index (χ0) is 14.8. The third-order valence-corrected chi connectivity index (χ3v) is 2.82. The van der Waals surface area contributed by atoms with Crippen LogP contribution in [-0.4, -0.2) is 6.54 Å². The highest BCUT2D eigenvalue weighted by Gasteiger charge is 2.34. The van der Waals surface area contributed by atoms with Gasteiger partial charge in [0.1, 0.15) is 0 Å². The van der Waals surface area contributed by atoms with E-state index in [0.717, 1.165) is 0 Å². The van der Waals surface area contributed by atoms with Gasteiger partial charge >= 0.3 is 6.18 Å². The lowest BCUT2D eigenvalue weighted by atomic mass is 9.95. The molecule has 4 heteroatoms. The highest BCUT2D eigenvalue weighted by Crippen LogP contribution is 2.37. The normalized spacial score (nSPS) is 12.9. The van der Waals surface area contributed by atoms with E-state index < -0.39 is 11.7 Å². The van der Waals surface area contributed by atoms with E-state index in [1.807, 2.05) is 34.6 Å². The van der Waals surface area contributed by atoms with Crippen LogP contribution in [0, 0.1) is 5.41 Å². The van der Waals surface area contributed by atoms with Crippen molar-refractivity contribution in [3.63, 3.8) is 0 Å². The summed E-state index contributed by atoms with van der Waals surface area (Å²) in [5, 5.41) is 2.91. The molecular weight excluding hydrogens is 251 g/mol. The van der Waals surface area contributed by atoms with Crippen LogP contribution in [0.2, 0.25) is 0 Å². The van der Waals surface area contributed by atoms with Gasteiger partial charge in [-0.25, -0.2) is 0 Å². The van der Waals surface area contributed by atoms with Crippen molar-refractivity contribution in [1.29, 1.82) is 0 Å². The smallest absolute Gasteiger partial charge is 0.384 e. The average Bonchev–Trinajstić information content (AvgIpc) is 2.23. The average molecular weight is 273 g/mol. The molecular formula is C15H22F3N. The molecule has 0 aliphatic rings. The summed E-state index contributed by atoms with van der Waals surface area (Å²) >= 11 is 0. The fourth-order valence-electron chi connectivity index (χ4n) is 1.67. The Bertz CT molecular complexity index is 428. The fourth-order valence-corrected chi connectivity index (χ4v) is 1.67. The van der Waals surface area contributed by atoms with E-state index in [9.17, 15) is 13.2 Å². The van der Waals surface area contributed by atoms with Crippen molar-refractivity contribution in [3.05, 3.63) is 29.3 Å². The predicted octanol–water partition coefficient (Wildman–Crippen LogP) is 5.29. The Morgan fingerprint density at radius 1 is 1.11 bits per heavy atom. The Morgan fingerprint density at radius 2 is 1.68 bits per heavy atom. The molecule has 0 bridgehead atoms. The van der Waals surface area contributed by atoms with Crippen molar-refractivity contribution in [2.24, 2.45) is 5.41 Å². The van der Waals surface area contributed by atoms with Crippen LogP contribution in [0.4, 0.5) is 18.9 Å². The number of hydrogen-bond acceptors (Lipinski definition) is 1. The van der Waals surface area contributed by atoms with Gasteiger partial charge in [-0.1, -0.05) is 40.7 Å². The van der Waals surface area contributed by atoms with Gasteiger partial charge < -0.3 is 5.32 Å². The van der Waals surface area contributed by atoms with Crippen LogP contribution in [0.25, 0.3) is 0 Å². The minimum Gasteiger partial charge on any atom is -0.384 e. The van der Waals surface area contributed by atoms with Crippen LogP contribution >= 0.6 is 0 Å². The zero-order valence-electron chi connectivity index (χ0n) is 12.2. The molecule has 1 N–H and O–H groups in total. The van der Waals surface area contributed by atoms with Crippen LogP contribution in [0.15, 0.2) is 18.2 Å². The number of rotatable bonds is 3. The summed E-state index contributed by atoms with van der Waals surface area (Å²) in [6.45, 7) is 10.2. The second-order valence-corrected chi connectivity index (χ2v) is 6.37. The summed E-state index contributed by atoms with van der Waals surface area (Å²) < 4.78 is 39.2. The van der Waals surface area contributed by atoms with Gasteiger partial charge in [-0.15, -0.1) is 0 Å². The second kappa shape index (κ2) is 5.43. The van der Waals surface area contributed by atoms with Crippen molar-refractivity contribution >= 4 is 5.69 Å². The van der Waals surface area contributed by atoms with Gasteiger partial charge in [0.2, 0.25) is 0 Å². The SMILES string of the molecule is CC(C)c1ccc(NCC(C)(C)C)c(C(F)(F)F)c1. The van der Waals surface area contributed by atoms with Gasteiger partial charge in [0.25, 0.3) is 0 Å². The first-order valence-electron chi connectivity index (χ1n) is 6.46. The van der Waals surface area contributed by atoms with Gasteiger partial charge in [-0.2, -0.15) is 13.2 Å². The van der Waals surface area contributed by atoms with Crippen LogP contribution < -0.4 is 5.32 Å². The maximum Gasteiger partial charge on any atom is 0.418 e. The molecule has 0 aromatic heterocycles. The third kappa shape index (κ3) is 4.77. The largest absolute Gasteiger partial charge is 0.418 e. The fraction of sp³-hybridized carbons (Fsp3) is 0.600. The standard InChI is InChI=1S/C15H22F3N/c1-10(2)11-6-7-13(19-9-14(3,4)5)12(8-11)15(16,17)18/h6-8,10,19H,9H2,1-5H3. The van der Waals surface area contributed by atoms with E-state index in [1.54, 1.807) is 6.07 Å². The highest BCUT2D eigenvalue weighted by molar-refractivity contribution is 5.54. The predicted molar refractivity (Wildman–Crippen MR) is 73.5 cm³/mol. The maximum atomic E-state index is 13.1. The van der Waals surface area contributed by atoms with Crippen molar-refractivity contribution < 1.29 is 13.2 Å². The molecule has 0 amide bonds. The molecule has 0 atom stereocenters. The monoisotopic (exact) mass is 273 g/mol. The first-order valence-corrected chi connectivity index (χ1v) is 6.46. The van der Waals surface area contributed by atoms with Crippen molar-refractivity contribution in [1.82, 2.24) is 0 Å². The Kier molecular flexibility index (Phi) is 4.54. The second-order valence-electron chi connectivity index (χ2n) is 6.37. The Hall–Kier alpha value is -1.19. The Morgan fingerprint density at radius 3 is 2.11 bits per heavy atom. The lowest BCUT2D eigenvalue weighted by Crippen LogP contribution is -2.21.